The van der Waals surface area contributed by atoms with Gasteiger partial charge < -0.3 is 10.6 Å². The Morgan fingerprint density at radius 1 is 1.70 bits per heavy atom. The van der Waals surface area contributed by atoms with Crippen molar-refractivity contribution in [3.63, 3.8) is 0 Å². The Balaban J connectivity index is 2.93. The van der Waals surface area contributed by atoms with Crippen molar-refractivity contribution in [1.82, 2.24) is 4.90 Å². The minimum atomic E-state index is 0.505. The second-order valence-corrected chi connectivity index (χ2v) is 2.31. The van der Waals surface area contributed by atoms with E-state index < -0.39 is 0 Å². The molecule has 0 radical (unpaired) electrons. The van der Waals surface area contributed by atoms with Gasteiger partial charge in [0.1, 0.15) is 0 Å². The van der Waals surface area contributed by atoms with Crippen LogP contribution in [0.25, 0.3) is 0 Å². The van der Waals surface area contributed by atoms with Crippen LogP contribution in [0.2, 0.25) is 0 Å². The molecule has 10 heavy (non-hydrogen) atoms. The number of aliphatic imine (C=N–C) groups is 1. The second-order valence-electron chi connectivity index (χ2n) is 2.31. The number of rotatable bonds is 0. The van der Waals surface area contributed by atoms with Crippen LogP contribution in [0.15, 0.2) is 29.0 Å². The summed E-state index contributed by atoms with van der Waals surface area (Å²) in [7, 11) is 1.87. The largest absolute Gasteiger partial charge is 0.369 e. The summed E-state index contributed by atoms with van der Waals surface area (Å²) in [6.45, 7) is 5.64. The molecule has 0 atom stereocenters. The van der Waals surface area contributed by atoms with E-state index in [0.29, 0.717) is 11.7 Å². The van der Waals surface area contributed by atoms with Gasteiger partial charge in [0.15, 0.2) is 0 Å². The molecule has 1 aliphatic heterocycles. The van der Waals surface area contributed by atoms with E-state index in [1.807, 2.05) is 24.9 Å². The highest BCUT2D eigenvalue weighted by Crippen LogP contribution is 2.10. The Labute approximate surface area is 60.5 Å². The van der Waals surface area contributed by atoms with Crippen LogP contribution in [-0.4, -0.2) is 17.9 Å². The number of allylic oxidation sites excluding steroid dienone is 2. The smallest absolute Gasteiger partial charge is 0.200 e. The number of nitrogens with zero attached hydrogens (tertiary/aromatic N) is 2. The Morgan fingerprint density at radius 3 is 2.80 bits per heavy atom. The first-order chi connectivity index (χ1) is 4.61. The Kier molecular flexibility index (Phi) is 1.49. The Bertz CT molecular complexity index is 203. The van der Waals surface area contributed by atoms with E-state index in [1.165, 1.54) is 0 Å². The standard InChI is InChI=1S/C7H11N3/c1-5-4-6(2)10(3)7(8)9-5/h4H,1H2,2-3H3,(H2,8,9). The van der Waals surface area contributed by atoms with Gasteiger partial charge in [-0.3, -0.25) is 0 Å². The maximum Gasteiger partial charge on any atom is 0.200 e. The van der Waals surface area contributed by atoms with Crippen LogP contribution in [0.4, 0.5) is 0 Å². The molecule has 0 spiro atoms. The van der Waals surface area contributed by atoms with E-state index in [4.69, 9.17) is 5.73 Å². The van der Waals surface area contributed by atoms with Gasteiger partial charge in [-0.2, -0.15) is 0 Å². The van der Waals surface area contributed by atoms with Crippen molar-refractivity contribution < 1.29 is 0 Å². The number of hydrogen-bond donors (Lipinski definition) is 1. The first kappa shape index (κ1) is 6.86. The third-order valence-corrected chi connectivity index (χ3v) is 1.51. The van der Waals surface area contributed by atoms with Crippen molar-refractivity contribution in [3.05, 3.63) is 24.0 Å². The molecule has 1 heterocycles. The molecule has 0 bridgehead atoms. The van der Waals surface area contributed by atoms with Gasteiger partial charge in [-0.15, -0.1) is 0 Å². The van der Waals surface area contributed by atoms with Gasteiger partial charge in [-0.1, -0.05) is 6.58 Å². The van der Waals surface area contributed by atoms with Crippen LogP contribution in [0, 0.1) is 0 Å². The normalized spacial score (nSPS) is 18.6. The van der Waals surface area contributed by atoms with E-state index in [2.05, 4.69) is 11.6 Å². The van der Waals surface area contributed by atoms with Gasteiger partial charge in [0.25, 0.3) is 0 Å². The van der Waals surface area contributed by atoms with Crippen LogP contribution in [0.1, 0.15) is 6.92 Å². The first-order valence-corrected chi connectivity index (χ1v) is 3.06. The molecular formula is C7H11N3. The maximum absolute atomic E-state index is 5.53. The minimum Gasteiger partial charge on any atom is -0.369 e. The lowest BCUT2D eigenvalue weighted by molar-refractivity contribution is 0.609. The summed E-state index contributed by atoms with van der Waals surface area (Å²) in [6, 6.07) is 0. The molecular weight excluding hydrogens is 126 g/mol. The molecule has 0 aromatic rings. The van der Waals surface area contributed by atoms with Crippen LogP contribution < -0.4 is 5.73 Å². The summed E-state index contributed by atoms with van der Waals surface area (Å²) in [6.07, 6.45) is 1.89. The average Bonchev–Trinajstić information content (AvgIpc) is 1.82. The number of guanidine groups is 1. The molecule has 0 unspecified atom stereocenters. The van der Waals surface area contributed by atoms with E-state index in [1.54, 1.807) is 0 Å². The van der Waals surface area contributed by atoms with Crippen LogP contribution in [-0.2, 0) is 0 Å². The molecule has 1 aliphatic rings. The van der Waals surface area contributed by atoms with Crippen molar-refractivity contribution in [1.29, 1.82) is 0 Å². The molecule has 0 aromatic carbocycles. The molecule has 0 saturated carbocycles. The van der Waals surface area contributed by atoms with E-state index >= 15 is 0 Å². The highest BCUT2D eigenvalue weighted by atomic mass is 15.2. The summed E-state index contributed by atoms with van der Waals surface area (Å²) in [5.74, 6) is 0.505. The Hall–Kier alpha value is -1.25. The third-order valence-electron chi connectivity index (χ3n) is 1.51. The molecule has 2 N–H and O–H groups in total. The van der Waals surface area contributed by atoms with Gasteiger partial charge in [0, 0.05) is 12.7 Å². The molecule has 0 fully saturated rings. The fraction of sp³-hybridized carbons (Fsp3) is 0.286. The predicted octanol–water partition coefficient (Wildman–Crippen LogP) is 0.664. The van der Waals surface area contributed by atoms with Crippen molar-refractivity contribution in [2.24, 2.45) is 10.7 Å². The zero-order chi connectivity index (χ0) is 7.72. The van der Waals surface area contributed by atoms with Gasteiger partial charge >= 0.3 is 0 Å². The SMILES string of the molecule is C=C1C=C(C)N(C)C(N)=N1. The second kappa shape index (κ2) is 2.17. The van der Waals surface area contributed by atoms with Crippen LogP contribution in [0.5, 0.6) is 0 Å². The van der Waals surface area contributed by atoms with Crippen molar-refractivity contribution in [2.45, 2.75) is 6.92 Å². The molecule has 0 aliphatic carbocycles. The monoisotopic (exact) mass is 137 g/mol. The van der Waals surface area contributed by atoms with E-state index in [-0.39, 0.29) is 0 Å². The molecule has 1 rings (SSSR count). The van der Waals surface area contributed by atoms with Gasteiger partial charge in [0.2, 0.25) is 5.96 Å². The lowest BCUT2D eigenvalue weighted by Crippen LogP contribution is -2.34. The first-order valence-electron chi connectivity index (χ1n) is 3.06. The number of nitrogens with two attached hydrogens (primary N) is 1. The zero-order valence-corrected chi connectivity index (χ0v) is 6.26. The topological polar surface area (TPSA) is 41.6 Å². The quantitative estimate of drug-likeness (QED) is 0.533. The zero-order valence-electron chi connectivity index (χ0n) is 6.26. The lowest BCUT2D eigenvalue weighted by atomic mass is 10.3. The molecule has 0 aromatic heterocycles. The number of hydrogen-bond acceptors (Lipinski definition) is 3. The van der Waals surface area contributed by atoms with Gasteiger partial charge in [-0.05, 0) is 13.0 Å². The third kappa shape index (κ3) is 1.03. The summed E-state index contributed by atoms with van der Waals surface area (Å²) < 4.78 is 0. The van der Waals surface area contributed by atoms with E-state index in [0.717, 1.165) is 5.70 Å². The van der Waals surface area contributed by atoms with Gasteiger partial charge in [-0.25, -0.2) is 4.99 Å². The van der Waals surface area contributed by atoms with Crippen molar-refractivity contribution >= 4 is 5.96 Å². The Morgan fingerprint density at radius 2 is 2.30 bits per heavy atom. The highest BCUT2D eigenvalue weighted by molar-refractivity contribution is 5.82. The predicted molar refractivity (Wildman–Crippen MR) is 42.3 cm³/mol. The van der Waals surface area contributed by atoms with Crippen LogP contribution >= 0.6 is 0 Å². The average molecular weight is 137 g/mol. The van der Waals surface area contributed by atoms with Crippen molar-refractivity contribution in [3.8, 4) is 0 Å². The molecule has 54 valence electrons. The lowest BCUT2D eigenvalue weighted by Gasteiger charge is -2.22. The molecule has 3 heteroatoms. The minimum absolute atomic E-state index is 0.505. The summed E-state index contributed by atoms with van der Waals surface area (Å²) in [5, 5.41) is 0. The molecule has 3 nitrogen and oxygen atoms in total. The van der Waals surface area contributed by atoms with Crippen molar-refractivity contribution in [2.75, 3.05) is 7.05 Å². The van der Waals surface area contributed by atoms with E-state index in [9.17, 15) is 0 Å². The summed E-state index contributed by atoms with van der Waals surface area (Å²) >= 11 is 0. The highest BCUT2D eigenvalue weighted by Gasteiger charge is 2.08. The summed E-state index contributed by atoms with van der Waals surface area (Å²) in [5.41, 5.74) is 7.32. The summed E-state index contributed by atoms with van der Waals surface area (Å²) in [4.78, 5) is 5.78. The molecule has 0 saturated heterocycles. The van der Waals surface area contributed by atoms with Crippen LogP contribution in [0.3, 0.4) is 0 Å². The molecule has 0 amide bonds. The fourth-order valence-corrected chi connectivity index (χ4v) is 0.773. The fourth-order valence-electron chi connectivity index (χ4n) is 0.773. The maximum atomic E-state index is 5.53. The van der Waals surface area contributed by atoms with Gasteiger partial charge in [0.05, 0.1) is 5.70 Å².